The van der Waals surface area contributed by atoms with Crippen molar-refractivity contribution < 1.29 is 65.9 Å². The lowest BCUT2D eigenvalue weighted by molar-refractivity contribution is -0.452. The molecule has 0 aromatic carbocycles. The summed E-state index contributed by atoms with van der Waals surface area (Å²) in [6, 6.07) is 0. The number of alkyl halides is 15. The molecule has 0 aliphatic heterocycles. The molecule has 0 saturated carbocycles. The maximum absolute atomic E-state index is 13.2. The standard InChI is InChI=1S/C10H4F15NS/c11-4(12,1-2-27-3-26)5(13,14)6(15,16)7(17,18)8(19,20)9(21,22)10(23,24)25/h1-2H2. The van der Waals surface area contributed by atoms with Crippen LogP contribution >= 0.6 is 11.8 Å². The minimum absolute atomic E-state index is 0.275. The molecule has 1 nitrogen and oxygen atoms in total. The second-order valence-corrected chi connectivity index (χ2v) is 5.64. The molecule has 0 aliphatic carbocycles. The van der Waals surface area contributed by atoms with E-state index < -0.39 is 53.9 Å². The fraction of sp³-hybridized carbons (Fsp3) is 0.900. The molecule has 0 saturated heterocycles. The van der Waals surface area contributed by atoms with Gasteiger partial charge in [0.25, 0.3) is 0 Å². The predicted molar refractivity (Wildman–Crippen MR) is 58.4 cm³/mol. The molecule has 0 rings (SSSR count). The maximum Gasteiger partial charge on any atom is 0.460 e. The van der Waals surface area contributed by atoms with E-state index in [-0.39, 0.29) is 11.8 Å². The van der Waals surface area contributed by atoms with Crippen molar-refractivity contribution in [1.29, 1.82) is 5.26 Å². The zero-order valence-corrected chi connectivity index (χ0v) is 12.8. The summed E-state index contributed by atoms with van der Waals surface area (Å²) in [5.41, 5.74) is 0. The van der Waals surface area contributed by atoms with Gasteiger partial charge in [0.2, 0.25) is 0 Å². The molecule has 0 atom stereocenters. The van der Waals surface area contributed by atoms with Crippen LogP contribution in [-0.4, -0.2) is 47.5 Å². The average Bonchev–Trinajstić information content (AvgIpc) is 2.45. The van der Waals surface area contributed by atoms with Crippen LogP contribution < -0.4 is 0 Å². The second kappa shape index (κ2) is 6.99. The van der Waals surface area contributed by atoms with Gasteiger partial charge in [-0.25, -0.2) is 0 Å². The molecule has 17 heteroatoms. The number of halogens is 15. The quantitative estimate of drug-likeness (QED) is 0.256. The van der Waals surface area contributed by atoms with Crippen LogP contribution in [0.25, 0.3) is 0 Å². The minimum atomic E-state index is -8.27. The summed E-state index contributed by atoms with van der Waals surface area (Å²) >= 11 is -0.275. The highest BCUT2D eigenvalue weighted by molar-refractivity contribution is 8.03. The molecular weight excluding hydrogens is 451 g/mol. The van der Waals surface area contributed by atoms with E-state index in [1.807, 2.05) is 0 Å². The molecule has 0 aromatic rings. The number of thiocyanates is 1. The van der Waals surface area contributed by atoms with Crippen LogP contribution in [-0.2, 0) is 0 Å². The Morgan fingerprint density at radius 2 is 0.889 bits per heavy atom. The fourth-order valence-electron chi connectivity index (χ4n) is 1.38. The average molecular weight is 455 g/mol. The third-order valence-corrected chi connectivity index (χ3v) is 3.51. The summed E-state index contributed by atoms with van der Waals surface area (Å²) in [7, 11) is 0. The van der Waals surface area contributed by atoms with Gasteiger partial charge >= 0.3 is 41.7 Å². The Bertz CT molecular complexity index is 572. The lowest BCUT2D eigenvalue weighted by Gasteiger charge is -2.41. The number of nitriles is 1. The first-order chi connectivity index (χ1) is 11.6. The summed E-state index contributed by atoms with van der Waals surface area (Å²) in [5, 5.41) is 8.93. The Labute approximate surface area is 143 Å². The summed E-state index contributed by atoms with van der Waals surface area (Å²) in [6.07, 6.45) is -10.1. The van der Waals surface area contributed by atoms with Gasteiger partial charge in [-0.05, 0) is 11.8 Å². The van der Waals surface area contributed by atoms with Crippen molar-refractivity contribution in [3.05, 3.63) is 0 Å². The molecule has 27 heavy (non-hydrogen) atoms. The molecule has 0 bridgehead atoms. The molecule has 0 radical (unpaired) electrons. The number of nitrogens with zero attached hydrogens (tertiary/aromatic N) is 1. The zero-order chi connectivity index (χ0) is 22.3. The van der Waals surface area contributed by atoms with Gasteiger partial charge in [0.1, 0.15) is 5.40 Å². The Morgan fingerprint density at radius 1 is 0.556 bits per heavy atom. The first kappa shape index (κ1) is 25.8. The van der Waals surface area contributed by atoms with E-state index in [9.17, 15) is 65.9 Å². The van der Waals surface area contributed by atoms with Crippen molar-refractivity contribution in [3.63, 3.8) is 0 Å². The molecule has 0 amide bonds. The molecule has 0 unspecified atom stereocenters. The third-order valence-electron chi connectivity index (χ3n) is 2.98. The van der Waals surface area contributed by atoms with Gasteiger partial charge in [-0.1, -0.05) is 0 Å². The predicted octanol–water partition coefficient (Wildman–Crippen LogP) is 5.96. The van der Waals surface area contributed by atoms with Crippen molar-refractivity contribution in [2.45, 2.75) is 48.1 Å². The van der Waals surface area contributed by atoms with E-state index in [1.54, 1.807) is 0 Å². The van der Waals surface area contributed by atoms with E-state index in [0.29, 0.717) is 0 Å². The van der Waals surface area contributed by atoms with Crippen molar-refractivity contribution >= 4 is 11.8 Å². The van der Waals surface area contributed by atoms with Crippen molar-refractivity contribution in [2.24, 2.45) is 0 Å². The number of hydrogen-bond acceptors (Lipinski definition) is 2. The monoisotopic (exact) mass is 455 g/mol. The van der Waals surface area contributed by atoms with Crippen molar-refractivity contribution in [1.82, 2.24) is 0 Å². The van der Waals surface area contributed by atoms with Gasteiger partial charge in [0, 0.05) is 12.2 Å². The molecule has 0 aliphatic rings. The summed E-state index contributed by atoms with van der Waals surface area (Å²) in [4.78, 5) is 0. The Hall–Kier alpha value is -1.21. The van der Waals surface area contributed by atoms with Crippen LogP contribution in [0.1, 0.15) is 6.42 Å². The molecular formula is C10H4F15NS. The summed E-state index contributed by atoms with van der Waals surface area (Å²) in [5.74, 6) is -47.7. The van der Waals surface area contributed by atoms with Crippen LogP contribution in [0.2, 0.25) is 0 Å². The summed E-state index contributed by atoms with van der Waals surface area (Å²) < 4.78 is 191. The Morgan fingerprint density at radius 3 is 1.22 bits per heavy atom. The smallest absolute Gasteiger partial charge is 0.200 e. The number of hydrogen-bond donors (Lipinski definition) is 0. The first-order valence-corrected chi connectivity index (χ1v) is 6.89. The maximum atomic E-state index is 13.2. The van der Waals surface area contributed by atoms with E-state index in [1.165, 1.54) is 0 Å². The zero-order valence-electron chi connectivity index (χ0n) is 11.9. The lowest BCUT2D eigenvalue weighted by Crippen LogP contribution is -2.72. The normalized spacial score (nSPS) is 15.6. The van der Waals surface area contributed by atoms with E-state index in [4.69, 9.17) is 5.26 Å². The van der Waals surface area contributed by atoms with Crippen LogP contribution in [0.4, 0.5) is 65.9 Å². The first-order valence-electron chi connectivity index (χ1n) is 5.90. The lowest BCUT2D eigenvalue weighted by atomic mass is 9.90. The fourth-order valence-corrected chi connectivity index (χ4v) is 1.83. The molecule has 0 spiro atoms. The number of thioether (sulfide) groups is 1. The number of rotatable bonds is 8. The summed E-state index contributed by atoms with van der Waals surface area (Å²) in [6.45, 7) is 0. The third kappa shape index (κ3) is 3.73. The Kier molecular flexibility index (Phi) is 6.68. The van der Waals surface area contributed by atoms with Gasteiger partial charge in [-0.3, -0.25) is 0 Å². The largest absolute Gasteiger partial charge is 0.460 e. The van der Waals surface area contributed by atoms with Crippen LogP contribution in [0.5, 0.6) is 0 Å². The highest BCUT2D eigenvalue weighted by Gasteiger charge is 2.93. The highest BCUT2D eigenvalue weighted by Crippen LogP contribution is 2.62. The molecule has 0 N–H and O–H groups in total. The van der Waals surface area contributed by atoms with Crippen LogP contribution in [0.15, 0.2) is 0 Å². The van der Waals surface area contributed by atoms with Gasteiger partial charge in [-0.2, -0.15) is 71.1 Å². The second-order valence-electron chi connectivity index (χ2n) is 4.76. The Balaban J connectivity index is 6.27. The van der Waals surface area contributed by atoms with E-state index in [2.05, 4.69) is 0 Å². The topological polar surface area (TPSA) is 23.8 Å². The van der Waals surface area contributed by atoms with Gasteiger partial charge in [-0.15, -0.1) is 0 Å². The van der Waals surface area contributed by atoms with Gasteiger partial charge in [0.15, 0.2) is 0 Å². The van der Waals surface area contributed by atoms with Crippen LogP contribution in [0, 0.1) is 10.7 Å². The molecule has 0 aromatic heterocycles. The molecule has 0 fully saturated rings. The van der Waals surface area contributed by atoms with E-state index in [0.717, 1.165) is 5.40 Å². The molecule has 160 valence electrons. The van der Waals surface area contributed by atoms with E-state index >= 15 is 0 Å². The van der Waals surface area contributed by atoms with Gasteiger partial charge in [0.05, 0.1) is 0 Å². The van der Waals surface area contributed by atoms with Gasteiger partial charge < -0.3 is 0 Å². The van der Waals surface area contributed by atoms with Crippen molar-refractivity contribution in [2.75, 3.05) is 5.75 Å². The van der Waals surface area contributed by atoms with Crippen LogP contribution in [0.3, 0.4) is 0 Å². The van der Waals surface area contributed by atoms with Crippen molar-refractivity contribution in [3.8, 4) is 5.40 Å². The highest BCUT2D eigenvalue weighted by atomic mass is 32.2. The molecule has 0 heterocycles. The SMILES string of the molecule is N#CSCCC(F)(F)C(F)(F)C(F)(F)C(F)(F)C(F)(F)C(F)(F)C(F)(F)F. The minimum Gasteiger partial charge on any atom is -0.200 e.